The third-order valence-corrected chi connectivity index (χ3v) is 5.97. The highest BCUT2D eigenvalue weighted by molar-refractivity contribution is 6.44. The third kappa shape index (κ3) is 4.59. The van der Waals surface area contributed by atoms with Gasteiger partial charge in [-0.15, -0.1) is 0 Å². The third-order valence-electron chi connectivity index (χ3n) is 5.15. The van der Waals surface area contributed by atoms with Crippen LogP contribution in [0.4, 0.5) is 22.0 Å². The number of fused-ring (bicyclic) bond motifs is 1. The van der Waals surface area contributed by atoms with Gasteiger partial charge in [-0.05, 0) is 42.3 Å². The van der Waals surface area contributed by atoms with E-state index in [4.69, 9.17) is 28.3 Å². The number of rotatable bonds is 3. The van der Waals surface area contributed by atoms with Gasteiger partial charge in [0, 0.05) is 23.6 Å². The number of anilines is 3. The lowest BCUT2D eigenvalue weighted by Gasteiger charge is -2.18. The standard InChI is InChI=1S/C23H23Cl2N5O2/c1-23(2,3)18-12-19(28-22(32)27-17-6-4-5-15(24)21(17)25)30(29-18)14-8-9-16-13(11-14)7-10-20(31)26-16/h4-6,8-9,11-12H,7,10H2,1-3H3,(H,26,31)(H2,27,28,32). The lowest BCUT2D eigenvalue weighted by Crippen LogP contribution is -2.22. The van der Waals surface area contributed by atoms with Gasteiger partial charge in [0.1, 0.15) is 5.82 Å². The summed E-state index contributed by atoms with van der Waals surface area (Å²) in [4.78, 5) is 24.4. The van der Waals surface area contributed by atoms with Crippen LogP contribution < -0.4 is 16.0 Å². The number of amides is 3. The van der Waals surface area contributed by atoms with Gasteiger partial charge in [0.15, 0.2) is 0 Å². The molecule has 1 aliphatic heterocycles. The van der Waals surface area contributed by atoms with Crippen molar-refractivity contribution >= 4 is 52.3 Å². The predicted molar refractivity (Wildman–Crippen MR) is 128 cm³/mol. The number of hydrogen-bond donors (Lipinski definition) is 3. The second-order valence-corrected chi connectivity index (χ2v) is 9.43. The summed E-state index contributed by atoms with van der Waals surface area (Å²) in [5.74, 6) is 0.517. The molecular weight excluding hydrogens is 449 g/mol. The van der Waals surface area contributed by atoms with Gasteiger partial charge in [-0.1, -0.05) is 50.0 Å². The Balaban J connectivity index is 1.66. The average molecular weight is 472 g/mol. The molecule has 7 nitrogen and oxygen atoms in total. The monoisotopic (exact) mass is 471 g/mol. The van der Waals surface area contributed by atoms with Crippen LogP contribution in [-0.2, 0) is 16.6 Å². The SMILES string of the molecule is CC(C)(C)c1cc(NC(=O)Nc2cccc(Cl)c2Cl)n(-c2ccc3c(c2)CCC(=O)N3)n1. The molecule has 2 heterocycles. The Bertz CT molecular complexity index is 1210. The zero-order valence-electron chi connectivity index (χ0n) is 17.9. The maximum Gasteiger partial charge on any atom is 0.324 e. The summed E-state index contributed by atoms with van der Waals surface area (Å²) in [6.07, 6.45) is 1.09. The molecule has 0 aliphatic carbocycles. The fourth-order valence-corrected chi connectivity index (χ4v) is 3.75. The molecule has 0 unspecified atom stereocenters. The molecule has 0 bridgehead atoms. The smallest absolute Gasteiger partial charge is 0.324 e. The molecule has 1 aliphatic rings. The molecule has 166 valence electrons. The molecule has 3 aromatic rings. The van der Waals surface area contributed by atoms with Crippen LogP contribution in [0.5, 0.6) is 0 Å². The van der Waals surface area contributed by atoms with Crippen LogP contribution >= 0.6 is 23.2 Å². The van der Waals surface area contributed by atoms with Gasteiger partial charge in [-0.2, -0.15) is 5.10 Å². The number of aryl methyl sites for hydroxylation is 1. The maximum absolute atomic E-state index is 12.7. The first-order chi connectivity index (χ1) is 15.1. The Labute approximate surface area is 196 Å². The number of nitrogens with one attached hydrogen (secondary N) is 3. The summed E-state index contributed by atoms with van der Waals surface area (Å²) in [6.45, 7) is 6.16. The van der Waals surface area contributed by atoms with Crippen molar-refractivity contribution in [2.45, 2.75) is 39.0 Å². The Morgan fingerprint density at radius 1 is 1.09 bits per heavy atom. The van der Waals surface area contributed by atoms with E-state index in [1.54, 1.807) is 22.9 Å². The van der Waals surface area contributed by atoms with Crippen LogP contribution in [0.3, 0.4) is 0 Å². The van der Waals surface area contributed by atoms with Crippen molar-refractivity contribution < 1.29 is 9.59 Å². The molecule has 9 heteroatoms. The Hall–Kier alpha value is -3.03. The van der Waals surface area contributed by atoms with Crippen LogP contribution in [0.2, 0.25) is 10.0 Å². The number of benzene rings is 2. The number of urea groups is 1. The number of nitrogens with zero attached hydrogens (tertiary/aromatic N) is 2. The van der Waals surface area contributed by atoms with E-state index in [0.717, 1.165) is 22.6 Å². The van der Waals surface area contributed by atoms with Crippen LogP contribution in [0, 0.1) is 0 Å². The van der Waals surface area contributed by atoms with Crippen molar-refractivity contribution in [3.63, 3.8) is 0 Å². The second kappa shape index (κ2) is 8.48. The van der Waals surface area contributed by atoms with Gasteiger partial charge in [-0.25, -0.2) is 9.48 Å². The first-order valence-electron chi connectivity index (χ1n) is 10.2. The molecule has 4 rings (SSSR count). The van der Waals surface area contributed by atoms with Crippen molar-refractivity contribution in [1.82, 2.24) is 9.78 Å². The minimum Gasteiger partial charge on any atom is -0.326 e. The Kier molecular flexibility index (Phi) is 5.88. The molecule has 32 heavy (non-hydrogen) atoms. The number of carbonyl (C=O) groups excluding carboxylic acids is 2. The summed E-state index contributed by atoms with van der Waals surface area (Å²) in [6, 6.07) is 12.1. The van der Waals surface area contributed by atoms with Crippen LogP contribution in [0.15, 0.2) is 42.5 Å². The molecule has 3 amide bonds. The Morgan fingerprint density at radius 3 is 2.62 bits per heavy atom. The molecule has 0 spiro atoms. The fraction of sp³-hybridized carbons (Fsp3) is 0.261. The summed E-state index contributed by atoms with van der Waals surface area (Å²) in [5, 5.41) is 13.8. The van der Waals surface area contributed by atoms with Gasteiger partial charge in [0.05, 0.1) is 27.1 Å². The normalized spacial score (nSPS) is 13.3. The van der Waals surface area contributed by atoms with Crippen molar-refractivity contribution in [2.75, 3.05) is 16.0 Å². The van der Waals surface area contributed by atoms with Crippen molar-refractivity contribution in [2.24, 2.45) is 0 Å². The molecule has 0 fully saturated rings. The van der Waals surface area contributed by atoms with Crippen molar-refractivity contribution in [1.29, 1.82) is 0 Å². The average Bonchev–Trinajstić information content (AvgIpc) is 3.15. The molecule has 0 radical (unpaired) electrons. The lowest BCUT2D eigenvalue weighted by molar-refractivity contribution is -0.116. The highest BCUT2D eigenvalue weighted by Crippen LogP contribution is 2.31. The molecule has 0 saturated heterocycles. The van der Waals surface area contributed by atoms with Crippen LogP contribution in [0.25, 0.3) is 5.69 Å². The summed E-state index contributed by atoms with van der Waals surface area (Å²) >= 11 is 12.2. The number of carbonyl (C=O) groups is 2. The van der Waals surface area contributed by atoms with E-state index in [2.05, 4.69) is 36.7 Å². The number of halogens is 2. The maximum atomic E-state index is 12.7. The molecule has 0 atom stereocenters. The van der Waals surface area contributed by atoms with Crippen LogP contribution in [-0.4, -0.2) is 21.7 Å². The van der Waals surface area contributed by atoms with E-state index in [1.165, 1.54) is 0 Å². The molecule has 0 saturated carbocycles. The lowest BCUT2D eigenvalue weighted by atomic mass is 9.92. The van der Waals surface area contributed by atoms with Crippen molar-refractivity contribution in [3.05, 3.63) is 63.8 Å². The molecular formula is C23H23Cl2N5O2. The predicted octanol–water partition coefficient (Wildman–Crippen LogP) is 6.01. The van der Waals surface area contributed by atoms with Gasteiger partial charge < -0.3 is 10.6 Å². The molecule has 2 aromatic carbocycles. The zero-order valence-corrected chi connectivity index (χ0v) is 19.4. The number of hydrogen-bond acceptors (Lipinski definition) is 3. The summed E-state index contributed by atoms with van der Waals surface area (Å²) < 4.78 is 1.69. The topological polar surface area (TPSA) is 88.0 Å². The van der Waals surface area contributed by atoms with E-state index in [1.807, 2.05) is 24.3 Å². The molecule has 1 aromatic heterocycles. The first kappa shape index (κ1) is 22.2. The second-order valence-electron chi connectivity index (χ2n) is 8.65. The minimum atomic E-state index is -0.471. The quantitative estimate of drug-likeness (QED) is 0.437. The van der Waals surface area contributed by atoms with E-state index in [9.17, 15) is 9.59 Å². The van der Waals surface area contributed by atoms with E-state index in [-0.39, 0.29) is 16.3 Å². The van der Waals surface area contributed by atoms with Crippen molar-refractivity contribution in [3.8, 4) is 5.69 Å². The van der Waals surface area contributed by atoms with Gasteiger partial charge in [-0.3, -0.25) is 10.1 Å². The summed E-state index contributed by atoms with van der Waals surface area (Å²) in [5.41, 5.74) is 3.61. The van der Waals surface area contributed by atoms with Crippen LogP contribution in [0.1, 0.15) is 38.4 Å². The highest BCUT2D eigenvalue weighted by atomic mass is 35.5. The van der Waals surface area contributed by atoms with Gasteiger partial charge >= 0.3 is 6.03 Å². The van der Waals surface area contributed by atoms with Gasteiger partial charge in [0.2, 0.25) is 5.91 Å². The zero-order chi connectivity index (χ0) is 23.0. The first-order valence-corrected chi connectivity index (χ1v) is 10.9. The highest BCUT2D eigenvalue weighted by Gasteiger charge is 2.23. The van der Waals surface area contributed by atoms with E-state index >= 15 is 0 Å². The summed E-state index contributed by atoms with van der Waals surface area (Å²) in [7, 11) is 0. The number of aromatic nitrogens is 2. The molecule has 3 N–H and O–H groups in total. The van der Waals surface area contributed by atoms with E-state index < -0.39 is 6.03 Å². The minimum absolute atomic E-state index is 0.0121. The van der Waals surface area contributed by atoms with Gasteiger partial charge in [0.25, 0.3) is 0 Å². The fourth-order valence-electron chi connectivity index (χ4n) is 3.41. The largest absolute Gasteiger partial charge is 0.326 e. The Morgan fingerprint density at radius 2 is 1.88 bits per heavy atom. The van der Waals surface area contributed by atoms with E-state index in [0.29, 0.717) is 29.4 Å².